The molecule has 1 aromatic heterocycles. The summed E-state index contributed by atoms with van der Waals surface area (Å²) < 4.78 is 14.7. The standard InChI is InChI=1S/C23H30FN5O2/c1-27-15-20(23(31)25-14-18-3-5-19(24)6-4-18)21(26-27)13-17-7-11-28(12-8-17)16-22(30)29-9-2-10-29/h3-6,15,17H,2,7-14,16H2,1H3,(H,25,31). The maximum atomic E-state index is 13.0. The normalized spacial score (nSPS) is 17.4. The van der Waals surface area contributed by atoms with Crippen LogP contribution in [0.5, 0.6) is 0 Å². The van der Waals surface area contributed by atoms with Crippen molar-refractivity contribution < 1.29 is 14.0 Å². The van der Waals surface area contributed by atoms with Crippen LogP contribution in [-0.4, -0.2) is 64.1 Å². The van der Waals surface area contributed by atoms with Crippen LogP contribution in [0.25, 0.3) is 0 Å². The van der Waals surface area contributed by atoms with Crippen molar-refractivity contribution in [3.05, 3.63) is 53.1 Å². The van der Waals surface area contributed by atoms with Crippen LogP contribution in [0.1, 0.15) is 40.9 Å². The van der Waals surface area contributed by atoms with Gasteiger partial charge in [0.05, 0.1) is 17.8 Å². The minimum atomic E-state index is -0.291. The fraction of sp³-hybridized carbons (Fsp3) is 0.522. The van der Waals surface area contributed by atoms with Gasteiger partial charge in [0.2, 0.25) is 5.91 Å². The van der Waals surface area contributed by atoms with Gasteiger partial charge in [-0.3, -0.25) is 19.2 Å². The third kappa shape index (κ3) is 5.50. The first-order valence-electron chi connectivity index (χ1n) is 11.0. The Labute approximate surface area is 182 Å². The Morgan fingerprint density at radius 3 is 2.48 bits per heavy atom. The molecule has 0 radical (unpaired) electrons. The molecule has 0 aliphatic carbocycles. The number of rotatable bonds is 7. The average Bonchev–Trinajstić information content (AvgIpc) is 3.07. The lowest BCUT2D eigenvalue weighted by Crippen LogP contribution is -2.48. The molecule has 0 bridgehead atoms. The number of likely N-dealkylation sites (tertiary alicyclic amines) is 2. The van der Waals surface area contributed by atoms with Crippen LogP contribution in [0, 0.1) is 11.7 Å². The van der Waals surface area contributed by atoms with Crippen LogP contribution >= 0.6 is 0 Å². The largest absolute Gasteiger partial charge is 0.348 e. The molecule has 2 saturated heterocycles. The van der Waals surface area contributed by atoms with Crippen LogP contribution in [0.4, 0.5) is 4.39 Å². The van der Waals surface area contributed by atoms with Gasteiger partial charge in [-0.25, -0.2) is 4.39 Å². The summed E-state index contributed by atoms with van der Waals surface area (Å²) in [6.07, 6.45) is 5.64. The zero-order valence-corrected chi connectivity index (χ0v) is 18.0. The van der Waals surface area contributed by atoms with E-state index < -0.39 is 0 Å². The molecule has 8 heteroatoms. The van der Waals surface area contributed by atoms with E-state index in [4.69, 9.17) is 0 Å². The smallest absolute Gasteiger partial charge is 0.255 e. The summed E-state index contributed by atoms with van der Waals surface area (Å²) in [4.78, 5) is 29.1. The average molecular weight is 428 g/mol. The predicted octanol–water partition coefficient (Wildman–Crippen LogP) is 1.98. The zero-order valence-electron chi connectivity index (χ0n) is 18.0. The third-order valence-electron chi connectivity index (χ3n) is 6.27. The summed E-state index contributed by atoms with van der Waals surface area (Å²) >= 11 is 0. The van der Waals surface area contributed by atoms with Crippen molar-refractivity contribution in [2.75, 3.05) is 32.7 Å². The van der Waals surface area contributed by atoms with Crippen molar-refractivity contribution in [2.45, 2.75) is 32.2 Å². The number of halogens is 1. The second kappa shape index (κ2) is 9.60. The lowest BCUT2D eigenvalue weighted by atomic mass is 9.91. The molecular weight excluding hydrogens is 397 g/mol. The van der Waals surface area contributed by atoms with Gasteiger partial charge in [-0.2, -0.15) is 5.10 Å². The van der Waals surface area contributed by atoms with Gasteiger partial charge >= 0.3 is 0 Å². The van der Waals surface area contributed by atoms with Gasteiger partial charge in [0.1, 0.15) is 5.82 Å². The molecule has 2 aliphatic rings. The van der Waals surface area contributed by atoms with E-state index in [9.17, 15) is 14.0 Å². The molecule has 166 valence electrons. The first-order valence-corrected chi connectivity index (χ1v) is 11.0. The molecule has 1 aromatic carbocycles. The summed E-state index contributed by atoms with van der Waals surface area (Å²) in [6.45, 7) is 4.48. The molecule has 2 aromatic rings. The van der Waals surface area contributed by atoms with Crippen LogP contribution < -0.4 is 5.32 Å². The number of aromatic nitrogens is 2. The summed E-state index contributed by atoms with van der Waals surface area (Å²) in [5.41, 5.74) is 2.26. The van der Waals surface area contributed by atoms with Gasteiger partial charge in [-0.1, -0.05) is 12.1 Å². The quantitative estimate of drug-likeness (QED) is 0.734. The first kappa shape index (κ1) is 21.5. The number of amides is 2. The lowest BCUT2D eigenvalue weighted by Gasteiger charge is -2.36. The summed E-state index contributed by atoms with van der Waals surface area (Å²) in [6, 6.07) is 6.11. The maximum Gasteiger partial charge on any atom is 0.255 e. The number of nitrogens with zero attached hydrogens (tertiary/aromatic N) is 4. The van der Waals surface area contributed by atoms with Crippen molar-refractivity contribution in [3.8, 4) is 0 Å². The topological polar surface area (TPSA) is 70.5 Å². The molecule has 7 nitrogen and oxygen atoms in total. The van der Waals surface area contributed by atoms with Gasteiger partial charge in [0.25, 0.3) is 5.91 Å². The second-order valence-electron chi connectivity index (χ2n) is 8.63. The Morgan fingerprint density at radius 1 is 1.13 bits per heavy atom. The first-order chi connectivity index (χ1) is 15.0. The highest BCUT2D eigenvalue weighted by Gasteiger charge is 2.27. The van der Waals surface area contributed by atoms with Crippen LogP contribution in [-0.2, 0) is 24.8 Å². The highest BCUT2D eigenvalue weighted by atomic mass is 19.1. The minimum absolute atomic E-state index is 0.162. The maximum absolute atomic E-state index is 13.0. The number of hydrogen-bond acceptors (Lipinski definition) is 4. The van der Waals surface area contributed by atoms with Gasteiger partial charge in [-0.05, 0) is 62.4 Å². The number of hydrogen-bond donors (Lipinski definition) is 1. The fourth-order valence-electron chi connectivity index (χ4n) is 4.23. The number of aryl methyl sites for hydroxylation is 1. The van der Waals surface area contributed by atoms with E-state index in [1.165, 1.54) is 12.1 Å². The highest BCUT2D eigenvalue weighted by molar-refractivity contribution is 5.95. The monoisotopic (exact) mass is 427 g/mol. The number of carbonyl (C=O) groups excluding carboxylic acids is 2. The summed E-state index contributed by atoms with van der Waals surface area (Å²) in [7, 11) is 1.82. The molecule has 2 fully saturated rings. The van der Waals surface area contributed by atoms with Gasteiger partial charge in [0.15, 0.2) is 0 Å². The van der Waals surface area contributed by atoms with E-state index in [1.807, 2.05) is 11.9 Å². The molecule has 1 N–H and O–H groups in total. The van der Waals surface area contributed by atoms with E-state index in [0.717, 1.165) is 63.1 Å². The Kier molecular flexibility index (Phi) is 6.65. The molecule has 0 saturated carbocycles. The van der Waals surface area contributed by atoms with Crippen LogP contribution in [0.15, 0.2) is 30.5 Å². The molecule has 3 heterocycles. The number of piperidine rings is 1. The third-order valence-corrected chi connectivity index (χ3v) is 6.27. The molecular formula is C23H30FN5O2. The molecule has 31 heavy (non-hydrogen) atoms. The molecule has 2 aliphatic heterocycles. The van der Waals surface area contributed by atoms with Crippen molar-refractivity contribution in [3.63, 3.8) is 0 Å². The Morgan fingerprint density at radius 2 is 1.84 bits per heavy atom. The zero-order chi connectivity index (χ0) is 21.8. The minimum Gasteiger partial charge on any atom is -0.348 e. The van der Waals surface area contributed by atoms with E-state index in [1.54, 1.807) is 23.0 Å². The van der Waals surface area contributed by atoms with Gasteiger partial charge in [0, 0.05) is 32.9 Å². The molecule has 2 amide bonds. The Hall–Kier alpha value is -2.74. The van der Waals surface area contributed by atoms with Crippen molar-refractivity contribution >= 4 is 11.8 Å². The van der Waals surface area contributed by atoms with Crippen LogP contribution in [0.3, 0.4) is 0 Å². The second-order valence-corrected chi connectivity index (χ2v) is 8.63. The van der Waals surface area contributed by atoms with Crippen LogP contribution in [0.2, 0.25) is 0 Å². The van der Waals surface area contributed by atoms with Crippen molar-refractivity contribution in [2.24, 2.45) is 13.0 Å². The molecule has 0 unspecified atom stereocenters. The molecule has 4 rings (SSSR count). The number of nitrogens with one attached hydrogen (secondary N) is 1. The SMILES string of the molecule is Cn1cc(C(=O)NCc2ccc(F)cc2)c(CC2CCN(CC(=O)N3CCC3)CC2)n1. The van der Waals surface area contributed by atoms with E-state index in [2.05, 4.69) is 15.3 Å². The fourth-order valence-corrected chi connectivity index (χ4v) is 4.23. The van der Waals surface area contributed by atoms with Crippen molar-refractivity contribution in [1.29, 1.82) is 0 Å². The van der Waals surface area contributed by atoms with Crippen molar-refractivity contribution in [1.82, 2.24) is 24.9 Å². The summed E-state index contributed by atoms with van der Waals surface area (Å²) in [5, 5.41) is 7.44. The molecule has 0 atom stereocenters. The summed E-state index contributed by atoms with van der Waals surface area (Å²) in [5.74, 6) is 0.244. The number of carbonyl (C=O) groups is 2. The lowest BCUT2D eigenvalue weighted by molar-refractivity contribution is -0.136. The molecule has 0 spiro atoms. The van der Waals surface area contributed by atoms with Gasteiger partial charge in [-0.15, -0.1) is 0 Å². The van der Waals surface area contributed by atoms with E-state index in [0.29, 0.717) is 24.6 Å². The van der Waals surface area contributed by atoms with E-state index >= 15 is 0 Å². The number of benzene rings is 1. The predicted molar refractivity (Wildman–Crippen MR) is 115 cm³/mol. The highest BCUT2D eigenvalue weighted by Crippen LogP contribution is 2.23. The Balaban J connectivity index is 1.28. The Bertz CT molecular complexity index is 915. The van der Waals surface area contributed by atoms with E-state index in [-0.39, 0.29) is 17.6 Å². The van der Waals surface area contributed by atoms with Gasteiger partial charge < -0.3 is 10.2 Å².